The van der Waals surface area contributed by atoms with Crippen molar-refractivity contribution in [3.63, 3.8) is 0 Å². The lowest BCUT2D eigenvalue weighted by atomic mass is 10.0. The second kappa shape index (κ2) is 14.9. The van der Waals surface area contributed by atoms with Gasteiger partial charge in [-0.05, 0) is 24.0 Å². The van der Waals surface area contributed by atoms with Gasteiger partial charge < -0.3 is 37.6 Å². The molecule has 0 spiro atoms. The van der Waals surface area contributed by atoms with Gasteiger partial charge in [-0.3, -0.25) is 19.2 Å². The van der Waals surface area contributed by atoms with Crippen LogP contribution in [-0.2, 0) is 30.4 Å². The Kier molecular flexibility index (Phi) is 12.6. The number of hydrogen-bond donors (Lipinski definition) is 7. The first-order chi connectivity index (χ1) is 16.1. The summed E-state index contributed by atoms with van der Waals surface area (Å²) in [6.07, 6.45) is 1.53. The van der Waals surface area contributed by atoms with Gasteiger partial charge in [0.25, 0.3) is 0 Å². The summed E-state index contributed by atoms with van der Waals surface area (Å²) in [5, 5.41) is 26.0. The van der Waals surface area contributed by atoms with Crippen LogP contribution in [0.3, 0.4) is 0 Å². The van der Waals surface area contributed by atoms with Crippen molar-refractivity contribution in [3.8, 4) is 0 Å². The predicted molar refractivity (Wildman–Crippen MR) is 125 cm³/mol. The lowest BCUT2D eigenvalue weighted by Crippen LogP contribution is -2.58. The number of carbonyl (C=O) groups is 5. The predicted octanol–water partition coefficient (Wildman–Crippen LogP) is -2.28. The van der Waals surface area contributed by atoms with Crippen molar-refractivity contribution < 1.29 is 34.2 Å². The Morgan fingerprint density at radius 2 is 1.50 bits per heavy atom. The lowest BCUT2D eigenvalue weighted by molar-refractivity contribution is -0.142. The van der Waals surface area contributed by atoms with Gasteiger partial charge in [0, 0.05) is 6.42 Å². The maximum atomic E-state index is 12.9. The zero-order valence-corrected chi connectivity index (χ0v) is 19.5. The van der Waals surface area contributed by atoms with E-state index in [9.17, 15) is 34.2 Å². The van der Waals surface area contributed by atoms with E-state index < -0.39 is 66.8 Å². The second-order valence-corrected chi connectivity index (χ2v) is 8.44. The summed E-state index contributed by atoms with van der Waals surface area (Å²) >= 11 is 1.40. The highest BCUT2D eigenvalue weighted by Crippen LogP contribution is 2.06. The molecule has 0 aliphatic carbocycles. The van der Waals surface area contributed by atoms with E-state index in [2.05, 4.69) is 16.0 Å². The fraction of sp³-hybridized carbons (Fsp3) is 0.476. The molecule has 0 bridgehead atoms. The maximum Gasteiger partial charge on any atom is 0.326 e. The molecular formula is C21H31N5O7S. The normalized spacial score (nSPS) is 14.2. The first kappa shape index (κ1) is 28.9. The molecule has 1 aromatic carbocycles. The van der Waals surface area contributed by atoms with Crippen LogP contribution in [0.2, 0.25) is 0 Å². The quantitative estimate of drug-likeness (QED) is 0.139. The lowest BCUT2D eigenvalue weighted by Gasteiger charge is -2.24. The SMILES string of the molecule is CSCCC(NC(=O)C(CO)NC(=O)C(Cc1ccccc1)NC(=O)C(N)CC(N)=O)C(=O)O. The van der Waals surface area contributed by atoms with E-state index in [4.69, 9.17) is 11.5 Å². The number of carboxylic acids is 1. The third kappa shape index (κ3) is 10.2. The molecule has 0 fully saturated rings. The van der Waals surface area contributed by atoms with Crippen molar-refractivity contribution in [2.75, 3.05) is 18.6 Å². The maximum absolute atomic E-state index is 12.9. The summed E-state index contributed by atoms with van der Waals surface area (Å²) < 4.78 is 0. The van der Waals surface area contributed by atoms with Gasteiger partial charge in [0.2, 0.25) is 23.6 Å². The van der Waals surface area contributed by atoms with Crippen molar-refractivity contribution in [1.82, 2.24) is 16.0 Å². The smallest absolute Gasteiger partial charge is 0.326 e. The minimum atomic E-state index is -1.46. The second-order valence-electron chi connectivity index (χ2n) is 7.45. The zero-order valence-electron chi connectivity index (χ0n) is 18.7. The van der Waals surface area contributed by atoms with Crippen molar-refractivity contribution in [3.05, 3.63) is 35.9 Å². The van der Waals surface area contributed by atoms with Gasteiger partial charge >= 0.3 is 5.97 Å². The Morgan fingerprint density at radius 3 is 2.03 bits per heavy atom. The highest BCUT2D eigenvalue weighted by molar-refractivity contribution is 7.98. The molecule has 188 valence electrons. The van der Waals surface area contributed by atoms with E-state index in [-0.39, 0.29) is 12.8 Å². The van der Waals surface area contributed by atoms with Gasteiger partial charge in [-0.2, -0.15) is 11.8 Å². The van der Waals surface area contributed by atoms with Crippen LogP contribution in [0.25, 0.3) is 0 Å². The summed E-state index contributed by atoms with van der Waals surface area (Å²) in [7, 11) is 0. The van der Waals surface area contributed by atoms with Crippen LogP contribution in [0.4, 0.5) is 0 Å². The number of nitrogens with one attached hydrogen (secondary N) is 3. The molecule has 9 N–H and O–H groups in total. The third-order valence-electron chi connectivity index (χ3n) is 4.71. The molecule has 0 heterocycles. The van der Waals surface area contributed by atoms with Crippen LogP contribution in [-0.4, -0.2) is 82.6 Å². The molecule has 34 heavy (non-hydrogen) atoms. The first-order valence-corrected chi connectivity index (χ1v) is 11.8. The number of aliphatic carboxylic acids is 1. The molecular weight excluding hydrogens is 466 g/mol. The van der Waals surface area contributed by atoms with Crippen molar-refractivity contribution in [2.24, 2.45) is 11.5 Å². The minimum Gasteiger partial charge on any atom is -0.480 e. The van der Waals surface area contributed by atoms with Crippen LogP contribution in [0, 0.1) is 0 Å². The van der Waals surface area contributed by atoms with Crippen molar-refractivity contribution >= 4 is 41.4 Å². The third-order valence-corrected chi connectivity index (χ3v) is 5.36. The summed E-state index contributed by atoms with van der Waals surface area (Å²) in [6.45, 7) is -0.806. The number of aliphatic hydroxyl groups excluding tert-OH is 1. The average Bonchev–Trinajstić information content (AvgIpc) is 2.79. The van der Waals surface area contributed by atoms with Gasteiger partial charge in [0.1, 0.15) is 18.1 Å². The Bertz CT molecular complexity index is 855. The topological polar surface area (TPSA) is 214 Å². The summed E-state index contributed by atoms with van der Waals surface area (Å²) in [4.78, 5) is 60.2. The number of amides is 4. The fourth-order valence-electron chi connectivity index (χ4n) is 2.88. The standard InChI is InChI=1S/C21H31N5O7S/c1-34-8-7-14(21(32)33)24-20(31)16(11-27)26-19(30)15(9-12-5-3-2-4-6-12)25-18(29)13(22)10-17(23)28/h2-6,13-16,27H,7-11,22H2,1H3,(H2,23,28)(H,24,31)(H,25,29)(H,26,30)(H,32,33). The van der Waals surface area contributed by atoms with Crippen molar-refractivity contribution in [1.29, 1.82) is 0 Å². The molecule has 0 saturated heterocycles. The molecule has 0 aliphatic heterocycles. The van der Waals surface area contributed by atoms with E-state index in [1.165, 1.54) is 11.8 Å². The van der Waals surface area contributed by atoms with Crippen LogP contribution in [0.15, 0.2) is 30.3 Å². The molecule has 1 rings (SSSR count). The van der Waals surface area contributed by atoms with E-state index >= 15 is 0 Å². The van der Waals surface area contributed by atoms with Crippen molar-refractivity contribution in [2.45, 2.75) is 43.4 Å². The highest BCUT2D eigenvalue weighted by atomic mass is 32.2. The highest BCUT2D eigenvalue weighted by Gasteiger charge is 2.30. The number of carbonyl (C=O) groups excluding carboxylic acids is 4. The molecule has 4 unspecified atom stereocenters. The number of carboxylic acid groups (broad SMARTS) is 1. The summed E-state index contributed by atoms with van der Waals surface area (Å²) in [6, 6.07) is 3.52. The van der Waals surface area contributed by atoms with Crippen LogP contribution in [0.1, 0.15) is 18.4 Å². The van der Waals surface area contributed by atoms with E-state index in [1.54, 1.807) is 36.6 Å². The molecule has 0 aromatic heterocycles. The van der Waals surface area contributed by atoms with E-state index in [1.807, 2.05) is 0 Å². The van der Waals surface area contributed by atoms with E-state index in [0.717, 1.165) is 0 Å². The van der Waals surface area contributed by atoms with Gasteiger partial charge in [0.05, 0.1) is 19.1 Å². The Balaban J connectivity index is 2.96. The Morgan fingerprint density at radius 1 is 0.941 bits per heavy atom. The Hall–Kier alpha value is -3.16. The number of primary amides is 1. The minimum absolute atomic E-state index is 0.0208. The molecule has 4 atom stereocenters. The Labute approximate surface area is 201 Å². The molecule has 0 aliphatic rings. The molecule has 13 heteroatoms. The van der Waals surface area contributed by atoms with Gasteiger partial charge in [-0.15, -0.1) is 0 Å². The van der Waals surface area contributed by atoms with Gasteiger partial charge in [-0.25, -0.2) is 4.79 Å². The number of aliphatic hydroxyl groups is 1. The molecule has 12 nitrogen and oxygen atoms in total. The van der Waals surface area contributed by atoms with Crippen LogP contribution >= 0.6 is 11.8 Å². The number of thioether (sulfide) groups is 1. The molecule has 1 aromatic rings. The number of nitrogens with two attached hydrogens (primary N) is 2. The fourth-order valence-corrected chi connectivity index (χ4v) is 3.35. The first-order valence-electron chi connectivity index (χ1n) is 10.4. The summed E-state index contributed by atoms with van der Waals surface area (Å²) in [5.41, 5.74) is 11.4. The zero-order chi connectivity index (χ0) is 25.7. The average molecular weight is 498 g/mol. The van der Waals surface area contributed by atoms with E-state index in [0.29, 0.717) is 11.3 Å². The van der Waals surface area contributed by atoms with Crippen LogP contribution < -0.4 is 27.4 Å². The number of rotatable bonds is 15. The van der Waals surface area contributed by atoms with Gasteiger partial charge in [-0.1, -0.05) is 30.3 Å². The molecule has 0 saturated carbocycles. The summed E-state index contributed by atoms with van der Waals surface area (Å²) in [5.74, 6) is -4.07. The largest absolute Gasteiger partial charge is 0.480 e. The van der Waals surface area contributed by atoms with Gasteiger partial charge in [0.15, 0.2) is 0 Å². The number of hydrogen-bond acceptors (Lipinski definition) is 8. The monoisotopic (exact) mass is 497 g/mol. The number of benzene rings is 1. The molecule has 4 amide bonds. The van der Waals surface area contributed by atoms with Crippen LogP contribution in [0.5, 0.6) is 0 Å². The molecule has 0 radical (unpaired) electrons.